The molecule has 2 N–H and O–H groups in total. The van der Waals surface area contributed by atoms with Gasteiger partial charge in [0.05, 0.1) is 6.54 Å². The van der Waals surface area contributed by atoms with E-state index in [1.807, 2.05) is 38.2 Å². The van der Waals surface area contributed by atoms with Crippen LogP contribution in [0.1, 0.15) is 18.4 Å². The van der Waals surface area contributed by atoms with Crippen molar-refractivity contribution in [1.82, 2.24) is 10.2 Å². The zero-order valence-corrected chi connectivity index (χ0v) is 12.5. The first-order chi connectivity index (χ1) is 9.67. The Labute approximate surface area is 121 Å². The highest BCUT2D eigenvalue weighted by molar-refractivity contribution is 5.92. The van der Waals surface area contributed by atoms with Gasteiger partial charge < -0.3 is 10.6 Å². The number of hydrogen-bond acceptors (Lipinski definition) is 3. The molecular weight excluding hydrogens is 250 g/mol. The molecule has 1 aromatic carbocycles. The third-order valence-corrected chi connectivity index (χ3v) is 3.90. The minimum absolute atomic E-state index is 0.0842. The monoisotopic (exact) mass is 275 g/mol. The molecular formula is C16H25N3O. The van der Waals surface area contributed by atoms with E-state index in [2.05, 4.69) is 15.5 Å². The minimum Gasteiger partial charge on any atom is -0.325 e. The molecule has 1 heterocycles. The number of nitrogens with one attached hydrogen (secondary N) is 2. The Bertz CT molecular complexity index is 422. The summed E-state index contributed by atoms with van der Waals surface area (Å²) in [5, 5.41) is 6.19. The second kappa shape index (κ2) is 7.41. The third-order valence-electron chi connectivity index (χ3n) is 3.90. The fourth-order valence-corrected chi connectivity index (χ4v) is 2.68. The Balaban J connectivity index is 1.74. The molecule has 1 saturated heterocycles. The number of hydrogen-bond donors (Lipinski definition) is 2. The first-order valence-electron chi connectivity index (χ1n) is 7.41. The number of benzene rings is 1. The maximum Gasteiger partial charge on any atom is 0.238 e. The molecule has 0 saturated carbocycles. The first-order valence-corrected chi connectivity index (χ1v) is 7.41. The van der Waals surface area contributed by atoms with Gasteiger partial charge in [-0.05, 0) is 64.5 Å². The summed E-state index contributed by atoms with van der Waals surface area (Å²) in [6.45, 7) is 5.67. The number of carbonyl (C=O) groups is 1. The van der Waals surface area contributed by atoms with Crippen LogP contribution in [0.25, 0.3) is 0 Å². The molecule has 2 rings (SSSR count). The topological polar surface area (TPSA) is 44.4 Å². The van der Waals surface area contributed by atoms with E-state index in [1.165, 1.54) is 18.4 Å². The number of carbonyl (C=O) groups excluding carboxylic acids is 1. The Hall–Kier alpha value is -1.39. The quantitative estimate of drug-likeness (QED) is 0.862. The maximum atomic E-state index is 12.0. The van der Waals surface area contributed by atoms with Crippen molar-refractivity contribution in [2.75, 3.05) is 38.5 Å². The molecule has 4 nitrogen and oxygen atoms in total. The van der Waals surface area contributed by atoms with Gasteiger partial charge in [-0.1, -0.05) is 17.7 Å². The lowest BCUT2D eigenvalue weighted by Gasteiger charge is -2.31. The van der Waals surface area contributed by atoms with Crippen LogP contribution < -0.4 is 10.6 Å². The lowest BCUT2D eigenvalue weighted by molar-refractivity contribution is -0.117. The molecule has 0 spiro atoms. The van der Waals surface area contributed by atoms with Gasteiger partial charge >= 0.3 is 0 Å². The van der Waals surface area contributed by atoms with Crippen molar-refractivity contribution in [1.29, 1.82) is 0 Å². The molecule has 1 fully saturated rings. The van der Waals surface area contributed by atoms with Crippen molar-refractivity contribution in [3.05, 3.63) is 29.8 Å². The average Bonchev–Trinajstić information content (AvgIpc) is 2.44. The van der Waals surface area contributed by atoms with Gasteiger partial charge in [0.2, 0.25) is 5.91 Å². The van der Waals surface area contributed by atoms with E-state index in [4.69, 9.17) is 0 Å². The van der Waals surface area contributed by atoms with Gasteiger partial charge in [-0.25, -0.2) is 0 Å². The Morgan fingerprint density at radius 1 is 1.25 bits per heavy atom. The fourth-order valence-electron chi connectivity index (χ4n) is 2.68. The maximum absolute atomic E-state index is 12.0. The predicted molar refractivity (Wildman–Crippen MR) is 82.9 cm³/mol. The zero-order valence-electron chi connectivity index (χ0n) is 12.5. The fraction of sp³-hybridized carbons (Fsp3) is 0.562. The smallest absolute Gasteiger partial charge is 0.238 e. The number of likely N-dealkylation sites (tertiary alicyclic amines) is 1. The standard InChI is InChI=1S/C16H25N3O/c1-13-3-5-15(6-4-13)18-16(20)12-19-9-7-14(8-10-19)11-17-2/h3-6,14,17H,7-12H2,1-2H3,(H,18,20). The van der Waals surface area contributed by atoms with Crippen LogP contribution in [0.4, 0.5) is 5.69 Å². The second-order valence-corrected chi connectivity index (χ2v) is 5.69. The lowest BCUT2D eigenvalue weighted by Crippen LogP contribution is -2.40. The van der Waals surface area contributed by atoms with Gasteiger partial charge in [-0.15, -0.1) is 0 Å². The summed E-state index contributed by atoms with van der Waals surface area (Å²) in [6.07, 6.45) is 2.36. The van der Waals surface area contributed by atoms with Gasteiger partial charge in [0.25, 0.3) is 0 Å². The van der Waals surface area contributed by atoms with Crippen molar-refractivity contribution in [2.24, 2.45) is 5.92 Å². The summed E-state index contributed by atoms with van der Waals surface area (Å²) in [4.78, 5) is 14.3. The molecule has 1 amide bonds. The van der Waals surface area contributed by atoms with Crippen LogP contribution >= 0.6 is 0 Å². The first kappa shape index (κ1) is 15.0. The van der Waals surface area contributed by atoms with Crippen LogP contribution in [0.3, 0.4) is 0 Å². The van der Waals surface area contributed by atoms with Crippen LogP contribution in [-0.2, 0) is 4.79 Å². The van der Waals surface area contributed by atoms with E-state index >= 15 is 0 Å². The Morgan fingerprint density at radius 2 is 1.90 bits per heavy atom. The molecule has 20 heavy (non-hydrogen) atoms. The van der Waals surface area contributed by atoms with Gasteiger partial charge in [0, 0.05) is 5.69 Å². The molecule has 0 radical (unpaired) electrons. The largest absolute Gasteiger partial charge is 0.325 e. The number of nitrogens with zero attached hydrogens (tertiary/aromatic N) is 1. The molecule has 1 aromatic rings. The van der Waals surface area contributed by atoms with Gasteiger partial charge in [-0.3, -0.25) is 9.69 Å². The number of anilines is 1. The predicted octanol–water partition coefficient (Wildman–Crippen LogP) is 1.86. The SMILES string of the molecule is CNCC1CCN(CC(=O)Nc2ccc(C)cc2)CC1. The average molecular weight is 275 g/mol. The Morgan fingerprint density at radius 3 is 2.50 bits per heavy atom. The van der Waals surface area contributed by atoms with Gasteiger partial charge in [0.1, 0.15) is 0 Å². The minimum atomic E-state index is 0.0842. The summed E-state index contributed by atoms with van der Waals surface area (Å²) in [6, 6.07) is 7.93. The molecule has 0 atom stereocenters. The molecule has 0 bridgehead atoms. The van der Waals surface area contributed by atoms with E-state index < -0.39 is 0 Å². The van der Waals surface area contributed by atoms with Crippen LogP contribution in [0.15, 0.2) is 24.3 Å². The number of piperidine rings is 1. The highest BCUT2D eigenvalue weighted by atomic mass is 16.2. The van der Waals surface area contributed by atoms with Gasteiger partial charge in [-0.2, -0.15) is 0 Å². The normalized spacial score (nSPS) is 17.1. The molecule has 0 unspecified atom stereocenters. The number of amides is 1. The van der Waals surface area contributed by atoms with E-state index in [0.29, 0.717) is 6.54 Å². The molecule has 4 heteroatoms. The Kier molecular flexibility index (Phi) is 5.56. The van der Waals surface area contributed by atoms with Crippen molar-refractivity contribution in [3.8, 4) is 0 Å². The third kappa shape index (κ3) is 4.62. The highest BCUT2D eigenvalue weighted by Gasteiger charge is 2.20. The van der Waals surface area contributed by atoms with Crippen molar-refractivity contribution >= 4 is 11.6 Å². The van der Waals surface area contributed by atoms with Crippen LogP contribution in [0.2, 0.25) is 0 Å². The molecule has 0 aromatic heterocycles. The number of rotatable bonds is 5. The van der Waals surface area contributed by atoms with E-state index in [9.17, 15) is 4.79 Å². The van der Waals surface area contributed by atoms with Crippen LogP contribution in [-0.4, -0.2) is 44.0 Å². The van der Waals surface area contributed by atoms with Gasteiger partial charge in [0.15, 0.2) is 0 Å². The molecule has 1 aliphatic heterocycles. The van der Waals surface area contributed by atoms with Crippen LogP contribution in [0, 0.1) is 12.8 Å². The zero-order chi connectivity index (χ0) is 14.4. The summed E-state index contributed by atoms with van der Waals surface area (Å²) >= 11 is 0. The van der Waals surface area contributed by atoms with Crippen molar-refractivity contribution in [3.63, 3.8) is 0 Å². The van der Waals surface area contributed by atoms with Crippen LogP contribution in [0.5, 0.6) is 0 Å². The molecule has 0 aliphatic carbocycles. The summed E-state index contributed by atoms with van der Waals surface area (Å²) in [5.74, 6) is 0.845. The summed E-state index contributed by atoms with van der Waals surface area (Å²) < 4.78 is 0. The summed E-state index contributed by atoms with van der Waals surface area (Å²) in [5.41, 5.74) is 2.08. The molecule has 1 aliphatic rings. The summed E-state index contributed by atoms with van der Waals surface area (Å²) in [7, 11) is 2.00. The van der Waals surface area contributed by atoms with Crippen molar-refractivity contribution in [2.45, 2.75) is 19.8 Å². The molecule has 110 valence electrons. The second-order valence-electron chi connectivity index (χ2n) is 5.69. The van der Waals surface area contributed by atoms with E-state index in [-0.39, 0.29) is 5.91 Å². The van der Waals surface area contributed by atoms with Crippen molar-refractivity contribution < 1.29 is 4.79 Å². The lowest BCUT2D eigenvalue weighted by atomic mass is 9.97. The number of aryl methyl sites for hydroxylation is 1. The van der Waals surface area contributed by atoms with E-state index in [1.54, 1.807) is 0 Å². The van der Waals surface area contributed by atoms with E-state index in [0.717, 1.165) is 31.2 Å². The highest BCUT2D eigenvalue weighted by Crippen LogP contribution is 2.16.